The third-order valence-corrected chi connectivity index (χ3v) is 2.14. The van der Waals surface area contributed by atoms with Gasteiger partial charge in [-0.25, -0.2) is 4.79 Å². The van der Waals surface area contributed by atoms with E-state index in [2.05, 4.69) is 0 Å². The smallest absolute Gasteiger partial charge is 0.328 e. The summed E-state index contributed by atoms with van der Waals surface area (Å²) in [4.78, 5) is 13.6. The van der Waals surface area contributed by atoms with Crippen molar-refractivity contribution in [1.82, 2.24) is 9.80 Å². The zero-order chi connectivity index (χ0) is 10.7. The number of carbonyl (C=O) groups excluding carboxylic acids is 1. The lowest BCUT2D eigenvalue weighted by molar-refractivity contribution is -0.127. The molecule has 2 atom stereocenters. The van der Waals surface area contributed by atoms with Crippen LogP contribution in [0.5, 0.6) is 0 Å². The largest absolute Gasteiger partial charge is 0.376 e. The van der Waals surface area contributed by atoms with Crippen LogP contribution in [0.15, 0.2) is 0 Å². The lowest BCUT2D eigenvalue weighted by Gasteiger charge is -2.23. The first kappa shape index (κ1) is 11.2. The summed E-state index contributed by atoms with van der Waals surface area (Å²) in [6.45, 7) is -0.957. The molecule has 1 aliphatic heterocycles. The first-order valence-electron chi connectivity index (χ1n) is 4.05. The molecular weight excluding hydrogens is 192 g/mol. The van der Waals surface area contributed by atoms with Crippen molar-refractivity contribution in [2.45, 2.75) is 12.5 Å². The summed E-state index contributed by atoms with van der Waals surface area (Å²) < 4.78 is 9.98. The Labute approximate surface area is 81.4 Å². The number of aliphatic hydroxyl groups excluding tert-OH is 2. The number of methoxy groups -OCH3 is 2. The molecule has 7 nitrogen and oxygen atoms in total. The highest BCUT2D eigenvalue weighted by molar-refractivity contribution is 5.77. The zero-order valence-electron chi connectivity index (χ0n) is 8.08. The van der Waals surface area contributed by atoms with E-state index in [1.54, 1.807) is 0 Å². The molecule has 2 amide bonds. The second-order valence-corrected chi connectivity index (χ2v) is 2.76. The SMILES string of the molecule is COC1C(OC)N(CO)C(=O)N1CO. The molecule has 0 aliphatic carbocycles. The maximum absolute atomic E-state index is 11.5. The van der Waals surface area contributed by atoms with Crippen LogP contribution in [0, 0.1) is 0 Å². The molecule has 0 aromatic heterocycles. The van der Waals surface area contributed by atoms with Gasteiger partial charge < -0.3 is 19.7 Å². The predicted molar refractivity (Wildman–Crippen MR) is 44.8 cm³/mol. The fourth-order valence-electron chi connectivity index (χ4n) is 1.46. The summed E-state index contributed by atoms with van der Waals surface area (Å²) >= 11 is 0. The molecule has 0 spiro atoms. The van der Waals surface area contributed by atoms with Crippen LogP contribution in [0.3, 0.4) is 0 Å². The Balaban J connectivity index is 2.87. The molecule has 7 heteroatoms. The molecule has 1 rings (SSSR count). The van der Waals surface area contributed by atoms with Gasteiger partial charge in [0.1, 0.15) is 13.5 Å². The molecule has 1 heterocycles. The van der Waals surface area contributed by atoms with Crippen molar-refractivity contribution in [3.8, 4) is 0 Å². The normalized spacial score (nSPS) is 27.6. The molecule has 82 valence electrons. The van der Waals surface area contributed by atoms with Crippen LogP contribution < -0.4 is 0 Å². The van der Waals surface area contributed by atoms with E-state index in [1.165, 1.54) is 14.2 Å². The third-order valence-electron chi connectivity index (χ3n) is 2.14. The highest BCUT2D eigenvalue weighted by Crippen LogP contribution is 2.22. The standard InChI is InChI=1S/C7H14N2O5/c1-13-5-6(14-2)9(4-11)7(12)8(5)3-10/h5-6,10-11H,3-4H2,1-2H3. The molecule has 1 aliphatic rings. The molecule has 0 saturated carbocycles. The van der Waals surface area contributed by atoms with E-state index in [9.17, 15) is 4.79 Å². The quantitative estimate of drug-likeness (QED) is 0.589. The number of carbonyl (C=O) groups is 1. The van der Waals surface area contributed by atoms with Crippen molar-refractivity contribution in [1.29, 1.82) is 0 Å². The van der Waals surface area contributed by atoms with Gasteiger partial charge >= 0.3 is 6.03 Å². The van der Waals surface area contributed by atoms with Gasteiger partial charge in [0.2, 0.25) is 0 Å². The third kappa shape index (κ3) is 1.55. The van der Waals surface area contributed by atoms with Crippen LogP contribution in [0.4, 0.5) is 4.79 Å². The molecule has 2 unspecified atom stereocenters. The summed E-state index contributed by atoms with van der Waals surface area (Å²) in [6, 6.07) is -0.520. The molecule has 0 radical (unpaired) electrons. The van der Waals surface area contributed by atoms with Crippen molar-refractivity contribution in [3.63, 3.8) is 0 Å². The highest BCUT2D eigenvalue weighted by atomic mass is 16.6. The molecule has 0 bridgehead atoms. The van der Waals surface area contributed by atoms with Gasteiger partial charge in [-0.3, -0.25) is 9.80 Å². The Hall–Kier alpha value is -0.890. The molecule has 1 fully saturated rings. The average molecular weight is 206 g/mol. The van der Waals surface area contributed by atoms with Gasteiger partial charge in [0.05, 0.1) is 0 Å². The van der Waals surface area contributed by atoms with E-state index in [1.807, 2.05) is 0 Å². The van der Waals surface area contributed by atoms with Crippen LogP contribution in [0.25, 0.3) is 0 Å². The molecule has 0 aromatic carbocycles. The van der Waals surface area contributed by atoms with Crippen LogP contribution in [0.2, 0.25) is 0 Å². The van der Waals surface area contributed by atoms with Crippen molar-refractivity contribution < 1.29 is 24.5 Å². The van der Waals surface area contributed by atoms with Gasteiger partial charge in [0.15, 0.2) is 12.5 Å². The van der Waals surface area contributed by atoms with Crippen LogP contribution in [0.1, 0.15) is 0 Å². The van der Waals surface area contributed by atoms with Gasteiger partial charge in [-0.1, -0.05) is 0 Å². The fraction of sp³-hybridized carbons (Fsp3) is 0.857. The first-order chi connectivity index (χ1) is 6.71. The van der Waals surface area contributed by atoms with Crippen LogP contribution in [-0.2, 0) is 9.47 Å². The second-order valence-electron chi connectivity index (χ2n) is 2.76. The van der Waals surface area contributed by atoms with Gasteiger partial charge in [-0.15, -0.1) is 0 Å². The van der Waals surface area contributed by atoms with Gasteiger partial charge in [0.25, 0.3) is 0 Å². The van der Waals surface area contributed by atoms with E-state index >= 15 is 0 Å². The summed E-state index contributed by atoms with van der Waals surface area (Å²) in [5, 5.41) is 17.9. The lowest BCUT2D eigenvalue weighted by Crippen LogP contribution is -2.40. The van der Waals surface area contributed by atoms with Crippen molar-refractivity contribution in [2.24, 2.45) is 0 Å². The molecule has 2 N–H and O–H groups in total. The van der Waals surface area contributed by atoms with Crippen molar-refractivity contribution in [2.75, 3.05) is 27.7 Å². The summed E-state index contributed by atoms with van der Waals surface area (Å²) in [5.74, 6) is 0. The zero-order valence-corrected chi connectivity index (χ0v) is 8.08. The monoisotopic (exact) mass is 206 g/mol. The van der Waals surface area contributed by atoms with Crippen LogP contribution >= 0.6 is 0 Å². The number of hydrogen-bond acceptors (Lipinski definition) is 5. The Kier molecular flexibility index (Phi) is 3.64. The van der Waals surface area contributed by atoms with E-state index < -0.39 is 31.9 Å². The van der Waals surface area contributed by atoms with E-state index in [0.717, 1.165) is 9.80 Å². The Bertz CT molecular complexity index is 192. The number of urea groups is 1. The lowest BCUT2D eigenvalue weighted by atomic mass is 10.5. The maximum Gasteiger partial charge on any atom is 0.328 e. The van der Waals surface area contributed by atoms with E-state index in [0.29, 0.717) is 0 Å². The van der Waals surface area contributed by atoms with E-state index in [-0.39, 0.29) is 0 Å². The molecule has 1 saturated heterocycles. The maximum atomic E-state index is 11.5. The number of rotatable bonds is 4. The topological polar surface area (TPSA) is 82.5 Å². The fourth-order valence-corrected chi connectivity index (χ4v) is 1.46. The summed E-state index contributed by atoms with van der Waals surface area (Å²) in [5.41, 5.74) is 0. The Morgan fingerprint density at radius 3 is 1.71 bits per heavy atom. The predicted octanol–water partition coefficient (Wildman–Crippen LogP) is -1.43. The number of ether oxygens (including phenoxy) is 2. The van der Waals surface area contributed by atoms with Crippen LogP contribution in [-0.4, -0.2) is 66.2 Å². The number of aliphatic hydroxyl groups is 2. The minimum atomic E-state index is -0.704. The second kappa shape index (κ2) is 4.56. The Morgan fingerprint density at radius 2 is 1.50 bits per heavy atom. The van der Waals surface area contributed by atoms with Crippen molar-refractivity contribution in [3.05, 3.63) is 0 Å². The number of hydrogen-bond donors (Lipinski definition) is 2. The summed E-state index contributed by atoms with van der Waals surface area (Å²) in [6.07, 6.45) is -1.41. The minimum absolute atomic E-state index is 0.478. The average Bonchev–Trinajstić information content (AvgIpc) is 2.48. The van der Waals surface area contributed by atoms with Gasteiger partial charge in [-0.2, -0.15) is 0 Å². The van der Waals surface area contributed by atoms with E-state index in [4.69, 9.17) is 19.7 Å². The molecule has 14 heavy (non-hydrogen) atoms. The first-order valence-corrected chi connectivity index (χ1v) is 4.05. The van der Waals surface area contributed by atoms with Gasteiger partial charge in [-0.05, 0) is 0 Å². The number of nitrogens with zero attached hydrogens (tertiary/aromatic N) is 2. The number of amides is 2. The van der Waals surface area contributed by atoms with Gasteiger partial charge in [0, 0.05) is 14.2 Å². The molecular formula is C7H14N2O5. The van der Waals surface area contributed by atoms with Crippen molar-refractivity contribution >= 4 is 6.03 Å². The minimum Gasteiger partial charge on any atom is -0.376 e. The highest BCUT2D eigenvalue weighted by Gasteiger charge is 2.45. The molecule has 0 aromatic rings. The Morgan fingerprint density at radius 1 is 1.14 bits per heavy atom. The summed E-state index contributed by atoms with van der Waals surface area (Å²) in [7, 11) is 2.79.